The summed E-state index contributed by atoms with van der Waals surface area (Å²) >= 11 is 5.86. The molecule has 2 N–H and O–H groups in total. The Morgan fingerprint density at radius 3 is 2.52 bits per heavy atom. The minimum Gasteiger partial charge on any atom is -0.398 e. The average molecular weight is 433 g/mol. The molecule has 7 nitrogen and oxygen atoms in total. The van der Waals surface area contributed by atoms with Crippen molar-refractivity contribution in [1.29, 1.82) is 0 Å². The van der Waals surface area contributed by atoms with Crippen molar-refractivity contribution in [3.05, 3.63) is 58.9 Å². The topological polar surface area (TPSA) is 102 Å². The standard InChI is InChI=1S/C20H21ClN4O3S/c1-13-17(3-2-4-18(13)22)19-23-20(28-24-19)14-9-11-25(12-10-14)29(26,27)16-7-5-15(21)6-8-16/h2-8,14H,9-12,22H2,1H3. The number of nitrogen functional groups attached to an aromatic ring is 1. The first-order chi connectivity index (χ1) is 13.9. The van der Waals surface area contributed by atoms with Gasteiger partial charge in [-0.25, -0.2) is 8.42 Å². The molecule has 1 aromatic heterocycles. The van der Waals surface area contributed by atoms with Crippen LogP contribution < -0.4 is 5.73 Å². The van der Waals surface area contributed by atoms with Crippen LogP contribution >= 0.6 is 11.6 Å². The number of rotatable bonds is 4. The number of hydrogen-bond acceptors (Lipinski definition) is 6. The van der Waals surface area contributed by atoms with E-state index in [1.165, 1.54) is 16.4 Å². The summed E-state index contributed by atoms with van der Waals surface area (Å²) in [5, 5.41) is 4.61. The van der Waals surface area contributed by atoms with Crippen molar-refractivity contribution in [2.75, 3.05) is 18.8 Å². The van der Waals surface area contributed by atoms with Gasteiger partial charge in [0, 0.05) is 35.3 Å². The number of piperidine rings is 1. The quantitative estimate of drug-likeness (QED) is 0.628. The number of aromatic nitrogens is 2. The second-order valence-electron chi connectivity index (χ2n) is 7.11. The van der Waals surface area contributed by atoms with Gasteiger partial charge in [0.1, 0.15) is 0 Å². The smallest absolute Gasteiger partial charge is 0.243 e. The number of halogens is 1. The molecule has 1 fully saturated rings. The lowest BCUT2D eigenvalue weighted by Gasteiger charge is -2.29. The van der Waals surface area contributed by atoms with E-state index in [0.29, 0.717) is 48.4 Å². The highest BCUT2D eigenvalue weighted by molar-refractivity contribution is 7.89. The van der Waals surface area contributed by atoms with Crippen molar-refractivity contribution in [2.24, 2.45) is 0 Å². The van der Waals surface area contributed by atoms with Crippen LogP contribution in [0.15, 0.2) is 51.9 Å². The molecular formula is C20H21ClN4O3S. The van der Waals surface area contributed by atoms with Crippen LogP contribution in [0.1, 0.15) is 30.2 Å². The normalized spacial score (nSPS) is 16.2. The highest BCUT2D eigenvalue weighted by Gasteiger charge is 2.32. The predicted octanol–water partition coefficient (Wildman–Crippen LogP) is 3.85. The molecule has 2 aromatic carbocycles. The van der Waals surface area contributed by atoms with E-state index in [2.05, 4.69) is 10.1 Å². The Morgan fingerprint density at radius 2 is 1.83 bits per heavy atom. The lowest BCUT2D eigenvalue weighted by atomic mass is 9.98. The summed E-state index contributed by atoms with van der Waals surface area (Å²) in [5.41, 5.74) is 8.38. The predicted molar refractivity (Wildman–Crippen MR) is 111 cm³/mol. The molecule has 152 valence electrons. The highest BCUT2D eigenvalue weighted by Crippen LogP contribution is 2.32. The van der Waals surface area contributed by atoms with Gasteiger partial charge in [-0.15, -0.1) is 0 Å². The molecule has 29 heavy (non-hydrogen) atoms. The van der Waals surface area contributed by atoms with Crippen molar-refractivity contribution in [3.63, 3.8) is 0 Å². The fraction of sp³-hybridized carbons (Fsp3) is 0.300. The summed E-state index contributed by atoms with van der Waals surface area (Å²) in [6, 6.07) is 11.8. The zero-order chi connectivity index (χ0) is 20.6. The first-order valence-electron chi connectivity index (χ1n) is 9.31. The maximum Gasteiger partial charge on any atom is 0.243 e. The molecule has 1 aliphatic rings. The van der Waals surface area contributed by atoms with Gasteiger partial charge >= 0.3 is 0 Å². The first-order valence-corrected chi connectivity index (χ1v) is 11.1. The van der Waals surface area contributed by atoms with Crippen LogP contribution in [0.4, 0.5) is 5.69 Å². The van der Waals surface area contributed by atoms with Gasteiger partial charge in [0.15, 0.2) is 0 Å². The zero-order valence-electron chi connectivity index (χ0n) is 15.9. The Hall–Kier alpha value is -2.42. The van der Waals surface area contributed by atoms with Crippen molar-refractivity contribution in [1.82, 2.24) is 14.4 Å². The number of nitrogens with zero attached hydrogens (tertiary/aromatic N) is 3. The largest absolute Gasteiger partial charge is 0.398 e. The fourth-order valence-corrected chi connectivity index (χ4v) is 5.10. The fourth-order valence-electron chi connectivity index (χ4n) is 3.50. The lowest BCUT2D eigenvalue weighted by molar-refractivity contribution is 0.271. The van der Waals surface area contributed by atoms with Crippen LogP contribution in [-0.4, -0.2) is 36.0 Å². The second-order valence-corrected chi connectivity index (χ2v) is 9.48. The Morgan fingerprint density at radius 1 is 1.14 bits per heavy atom. The summed E-state index contributed by atoms with van der Waals surface area (Å²) < 4.78 is 32.6. The second kappa shape index (κ2) is 7.78. The van der Waals surface area contributed by atoms with Gasteiger partial charge in [-0.2, -0.15) is 9.29 Å². The molecule has 0 bridgehead atoms. The molecule has 4 rings (SSSR count). The Kier molecular flexibility index (Phi) is 5.33. The van der Waals surface area contributed by atoms with Gasteiger partial charge in [-0.05, 0) is 55.7 Å². The third-order valence-corrected chi connectivity index (χ3v) is 7.48. The van der Waals surface area contributed by atoms with Crippen LogP contribution in [0.3, 0.4) is 0 Å². The molecule has 0 unspecified atom stereocenters. The van der Waals surface area contributed by atoms with Crippen LogP contribution in [0, 0.1) is 6.92 Å². The molecule has 1 saturated heterocycles. The lowest BCUT2D eigenvalue weighted by Crippen LogP contribution is -2.37. The maximum absolute atomic E-state index is 12.8. The van der Waals surface area contributed by atoms with E-state index in [1.54, 1.807) is 12.1 Å². The van der Waals surface area contributed by atoms with E-state index < -0.39 is 10.0 Å². The van der Waals surface area contributed by atoms with Crippen molar-refractivity contribution in [2.45, 2.75) is 30.6 Å². The average Bonchev–Trinajstić information content (AvgIpc) is 3.20. The molecule has 0 spiro atoms. The molecule has 9 heteroatoms. The first kappa shape index (κ1) is 19.9. The summed E-state index contributed by atoms with van der Waals surface area (Å²) in [5.74, 6) is 1.06. The molecule has 1 aliphatic heterocycles. The molecule has 0 amide bonds. The van der Waals surface area contributed by atoms with E-state index >= 15 is 0 Å². The Labute approximate surface area is 174 Å². The van der Waals surface area contributed by atoms with Crippen molar-refractivity contribution in [3.8, 4) is 11.4 Å². The molecule has 2 heterocycles. The third-order valence-electron chi connectivity index (χ3n) is 5.31. The van der Waals surface area contributed by atoms with Crippen molar-refractivity contribution >= 4 is 27.3 Å². The molecule has 0 aliphatic carbocycles. The summed E-state index contributed by atoms with van der Waals surface area (Å²) in [6.45, 7) is 2.70. The summed E-state index contributed by atoms with van der Waals surface area (Å²) in [7, 11) is -3.54. The van der Waals surface area contributed by atoms with Crippen LogP contribution in [0.25, 0.3) is 11.4 Å². The van der Waals surface area contributed by atoms with Gasteiger partial charge < -0.3 is 10.3 Å². The SMILES string of the molecule is Cc1c(N)cccc1-c1noc(C2CCN(S(=O)(=O)c3ccc(Cl)cc3)CC2)n1. The van der Waals surface area contributed by atoms with E-state index in [-0.39, 0.29) is 10.8 Å². The number of anilines is 1. The summed E-state index contributed by atoms with van der Waals surface area (Å²) in [4.78, 5) is 4.79. The Bertz CT molecular complexity index is 1120. The minimum absolute atomic E-state index is 0.0225. The number of hydrogen-bond donors (Lipinski definition) is 1. The van der Waals surface area contributed by atoms with E-state index in [9.17, 15) is 8.42 Å². The van der Waals surface area contributed by atoms with Crippen LogP contribution in [0.5, 0.6) is 0 Å². The summed E-state index contributed by atoms with van der Waals surface area (Å²) in [6.07, 6.45) is 1.23. The van der Waals surface area contributed by atoms with Gasteiger partial charge in [0.05, 0.1) is 4.90 Å². The molecule has 0 radical (unpaired) electrons. The maximum atomic E-state index is 12.8. The molecule has 0 saturated carbocycles. The van der Waals surface area contributed by atoms with E-state index in [1.807, 2.05) is 25.1 Å². The number of nitrogens with two attached hydrogens (primary N) is 1. The number of benzene rings is 2. The Balaban J connectivity index is 1.47. The molecule has 3 aromatic rings. The van der Waals surface area contributed by atoms with Gasteiger partial charge in [-0.3, -0.25) is 0 Å². The third kappa shape index (κ3) is 3.88. The highest BCUT2D eigenvalue weighted by atomic mass is 35.5. The van der Waals surface area contributed by atoms with E-state index in [0.717, 1.165) is 11.1 Å². The van der Waals surface area contributed by atoms with Gasteiger partial charge in [-0.1, -0.05) is 28.9 Å². The zero-order valence-corrected chi connectivity index (χ0v) is 17.4. The van der Waals surface area contributed by atoms with Gasteiger partial charge in [0.2, 0.25) is 21.7 Å². The van der Waals surface area contributed by atoms with Crippen LogP contribution in [-0.2, 0) is 10.0 Å². The van der Waals surface area contributed by atoms with Gasteiger partial charge in [0.25, 0.3) is 0 Å². The van der Waals surface area contributed by atoms with Crippen molar-refractivity contribution < 1.29 is 12.9 Å². The van der Waals surface area contributed by atoms with E-state index in [4.69, 9.17) is 21.9 Å². The molecule has 0 atom stereocenters. The monoisotopic (exact) mass is 432 g/mol. The number of sulfonamides is 1. The minimum atomic E-state index is -3.54. The van der Waals surface area contributed by atoms with Crippen LogP contribution in [0.2, 0.25) is 5.02 Å². The molecular weight excluding hydrogens is 412 g/mol.